The summed E-state index contributed by atoms with van der Waals surface area (Å²) in [5.74, 6) is 0. The molecule has 0 unspecified atom stereocenters. The molecule has 0 aliphatic heterocycles. The van der Waals surface area contributed by atoms with E-state index in [0.29, 0.717) is 0 Å². The van der Waals surface area contributed by atoms with Crippen LogP contribution in [0.5, 0.6) is 0 Å². The fourth-order valence-electron chi connectivity index (χ4n) is 6.34. The van der Waals surface area contributed by atoms with Crippen LogP contribution in [-0.4, -0.2) is 0 Å². The molecular weight excluding hydrogens is 1080 g/mol. The molecule has 0 saturated heterocycles. The Kier molecular flexibility index (Phi) is 32.6. The molecule has 0 fully saturated rings. The number of hydrogen-bond donors (Lipinski definition) is 0. The second-order valence-corrected chi connectivity index (χ2v) is 19.8. The van der Waals surface area contributed by atoms with Gasteiger partial charge in [-0.3, -0.25) is 0 Å². The quantitative estimate of drug-likeness (QED) is 0.0336. The Morgan fingerprint density at radius 1 is 0.324 bits per heavy atom. The monoisotopic (exact) mass is 1130 g/mol. The van der Waals surface area contributed by atoms with Crippen LogP contribution in [0.15, 0.2) is 291 Å². The van der Waals surface area contributed by atoms with Crippen molar-refractivity contribution in [1.82, 2.24) is 0 Å². The Labute approximate surface area is 439 Å². The van der Waals surface area contributed by atoms with Crippen LogP contribution in [0.25, 0.3) is 6.08 Å². The van der Waals surface area contributed by atoms with E-state index in [1.807, 2.05) is 48.6 Å². The first-order chi connectivity index (χ1) is 32.8. The average Bonchev–Trinajstić information content (AvgIpc) is 3.41. The van der Waals surface area contributed by atoms with E-state index in [4.69, 9.17) is 9.30 Å². The summed E-state index contributed by atoms with van der Waals surface area (Å²) < 4.78 is 15.0. The van der Waals surface area contributed by atoms with Crippen LogP contribution in [0.4, 0.5) is 0 Å². The molecule has 0 bridgehead atoms. The van der Waals surface area contributed by atoms with Gasteiger partial charge in [-0.15, -0.1) is 0 Å². The predicted octanol–water partition coefficient (Wildman–Crippen LogP) is 11.9. The topological polar surface area (TPSA) is 39.8 Å². The van der Waals surface area contributed by atoms with Gasteiger partial charge in [0.25, 0.3) is 0 Å². The zero-order chi connectivity index (χ0) is 46.7. The van der Waals surface area contributed by atoms with Crippen molar-refractivity contribution in [3.05, 3.63) is 309 Å². The fraction of sp³-hybridized carbons (Fsp3) is 0. The van der Waals surface area contributed by atoms with Crippen molar-refractivity contribution in [3.63, 3.8) is 0 Å². The molecule has 0 aliphatic carbocycles. The fourth-order valence-corrected chi connectivity index (χ4v) is 12.1. The van der Waals surface area contributed by atoms with Crippen molar-refractivity contribution < 1.29 is 48.3 Å². The molecule has 0 aliphatic rings. The molecule has 8 heteroatoms. The third-order valence-electron chi connectivity index (χ3n) is 9.20. The van der Waals surface area contributed by atoms with Crippen molar-refractivity contribution in [1.29, 1.82) is 0 Å². The average molecular weight is 1130 g/mol. The van der Waals surface area contributed by atoms with Crippen molar-refractivity contribution in [2.24, 2.45) is 0 Å². The number of allylic oxidation sites excluding steroid dienone is 2. The minimum atomic E-state index is -0.446. The minimum absolute atomic E-state index is 0. The molecule has 0 heterocycles. The second-order valence-electron chi connectivity index (χ2n) is 13.6. The molecule has 0 saturated carbocycles. The third kappa shape index (κ3) is 21.8. The zero-order valence-corrected chi connectivity index (χ0v) is 44.2. The Morgan fingerprint density at radius 3 is 0.750 bits per heavy atom. The zero-order valence-electron chi connectivity index (χ0n) is 37.1. The maximum Gasteiger partial charge on any atom is 1.00 e. The summed E-state index contributed by atoms with van der Waals surface area (Å²) in [5.41, 5.74) is 1.20. The summed E-state index contributed by atoms with van der Waals surface area (Å²) in [4.78, 5) is 0. The molecule has 1 radical (unpaired) electrons. The van der Waals surface area contributed by atoms with E-state index in [-0.39, 0.29) is 39.0 Å². The normalized spacial score (nSPS) is 9.68. The third-order valence-corrected chi connectivity index (χ3v) is 15.5. The molecule has 0 aromatic heterocycles. The van der Waals surface area contributed by atoms with E-state index in [0.717, 1.165) is 8.58 Å². The van der Waals surface area contributed by atoms with Gasteiger partial charge in [0.15, 0.2) is 0 Å². The second kappa shape index (κ2) is 37.7. The molecule has 0 spiro atoms. The van der Waals surface area contributed by atoms with Gasteiger partial charge in [-0.2, -0.15) is 0 Å². The summed E-state index contributed by atoms with van der Waals surface area (Å²) in [7, 11) is -0.115. The Balaban J connectivity index is 0.000000307. The summed E-state index contributed by atoms with van der Waals surface area (Å²) in [6.07, 6.45) is 5.79. The molecule has 9 aromatic rings. The van der Waals surface area contributed by atoms with E-state index in [9.17, 15) is 0 Å². The molecule has 0 atom stereocenters. The van der Waals surface area contributed by atoms with Gasteiger partial charge in [0.1, 0.15) is 0 Å². The Hall–Kier alpha value is -5.30. The van der Waals surface area contributed by atoms with Gasteiger partial charge in [-0.25, -0.2) is 5.41 Å². The van der Waals surface area contributed by atoms with Gasteiger partial charge in [-0.1, -0.05) is 300 Å². The minimum Gasteiger partial charge on any atom is -0.787 e. The number of benzene rings is 9. The molecule has 339 valence electrons. The Morgan fingerprint density at radius 2 is 0.529 bits per heavy atom. The maximum absolute atomic E-state index is 7.50. The SMILES string of the molecule is [C-]#[O+].[C-]#[O+].[Ru+].[Ru].[S-]/C=C\C=C/c1ccccc1.c1ccc(P(c2ccccc2)c2ccccc2)cc1.c1ccc(P(c2ccccc2)c2ccccc2)cc1.c1ccc(Pc2ccccc2)cc1. The first kappa shape index (κ1) is 58.8. The number of rotatable bonds is 10. The van der Waals surface area contributed by atoms with Crippen molar-refractivity contribution in [2.75, 3.05) is 0 Å². The van der Waals surface area contributed by atoms with Crippen LogP contribution in [0.2, 0.25) is 0 Å². The largest absolute Gasteiger partial charge is 1.00 e. The van der Waals surface area contributed by atoms with Crippen LogP contribution in [-0.2, 0) is 60.9 Å². The maximum atomic E-state index is 7.50. The summed E-state index contributed by atoms with van der Waals surface area (Å²) in [5, 5.41) is 12.8. The van der Waals surface area contributed by atoms with Gasteiger partial charge in [-0.05, 0) is 63.8 Å². The summed E-state index contributed by atoms with van der Waals surface area (Å²) >= 11 is 4.64. The molecule has 0 amide bonds. The van der Waals surface area contributed by atoms with E-state index >= 15 is 0 Å². The van der Waals surface area contributed by atoms with Crippen LogP contribution in [0.1, 0.15) is 5.56 Å². The van der Waals surface area contributed by atoms with Gasteiger partial charge >= 0.3 is 42.1 Å². The van der Waals surface area contributed by atoms with Crippen molar-refractivity contribution in [2.45, 2.75) is 0 Å². The molecule has 2 nitrogen and oxygen atoms in total. The van der Waals surface area contributed by atoms with E-state index in [1.54, 1.807) is 5.41 Å². The van der Waals surface area contributed by atoms with E-state index in [2.05, 4.69) is 269 Å². The van der Waals surface area contributed by atoms with Crippen LogP contribution >= 0.6 is 24.4 Å². The van der Waals surface area contributed by atoms with Crippen LogP contribution < -0.4 is 42.4 Å². The molecule has 9 rings (SSSR count). The standard InChI is InChI=1S/2C18H15P.C12H11P.C10H10S.2CO.2Ru/c2*1-4-10-16(11-5-1)19(17-12-6-2-7-13-17)18-14-8-3-9-15-18;1-3-7-11(8-4-1)13-12-9-5-2-6-10-12;11-9-5-4-8-10-6-2-1-3-7-10;2*1-2;;/h2*1-15H;1-10,13H;1-9,11H;;;;/q;;;;;;;+1/p-1/b;;;8-4-,9-5-;;;;. The van der Waals surface area contributed by atoms with Crippen LogP contribution in [0, 0.1) is 13.3 Å². The van der Waals surface area contributed by atoms with Gasteiger partial charge in [0, 0.05) is 19.5 Å². The number of hydrogen-bond acceptors (Lipinski definition) is 1. The van der Waals surface area contributed by atoms with Gasteiger partial charge < -0.3 is 12.6 Å². The molecule has 9 aromatic carbocycles. The van der Waals surface area contributed by atoms with Gasteiger partial charge in [0.05, 0.1) is 0 Å². The smallest absolute Gasteiger partial charge is 0.787 e. The molecule has 0 N–H and O–H groups in total. The summed E-state index contributed by atoms with van der Waals surface area (Å²) in [6.45, 7) is 9.00. The van der Waals surface area contributed by atoms with Crippen molar-refractivity contribution >= 4 is 85.6 Å². The van der Waals surface area contributed by atoms with E-state index in [1.165, 1.54) is 48.0 Å². The van der Waals surface area contributed by atoms with Crippen molar-refractivity contribution in [3.8, 4) is 0 Å². The van der Waals surface area contributed by atoms with Crippen LogP contribution in [0.3, 0.4) is 0 Å². The van der Waals surface area contributed by atoms with Gasteiger partial charge in [0.2, 0.25) is 0 Å². The molecular formula is C60H50O2P3Ru2S. The molecule has 68 heavy (non-hydrogen) atoms. The Bertz CT molecular complexity index is 2330. The predicted molar refractivity (Wildman–Crippen MR) is 291 cm³/mol. The first-order valence-electron chi connectivity index (χ1n) is 21.0. The summed E-state index contributed by atoms with van der Waals surface area (Å²) in [6, 6.07) is 95.9. The first-order valence-corrected chi connectivity index (χ1v) is 25.1. The van der Waals surface area contributed by atoms with E-state index < -0.39 is 15.8 Å².